The summed E-state index contributed by atoms with van der Waals surface area (Å²) in [6, 6.07) is 5.44. The molecule has 4 N–H and O–H groups in total. The maximum Gasteiger partial charge on any atom is 0.325 e. The lowest BCUT2D eigenvalue weighted by atomic mass is 9.87. The molecule has 1 aromatic rings. The lowest BCUT2D eigenvalue weighted by Crippen LogP contribution is -2.44. The molecule has 0 atom stereocenters. The summed E-state index contributed by atoms with van der Waals surface area (Å²) in [5.74, 6) is 0.370. The molecular formula is C23H32N5O2+. The van der Waals surface area contributed by atoms with Crippen LogP contribution >= 0.6 is 0 Å². The van der Waals surface area contributed by atoms with Gasteiger partial charge in [-0.25, -0.2) is 0 Å². The highest BCUT2D eigenvalue weighted by atomic mass is 16.5. The van der Waals surface area contributed by atoms with Crippen LogP contribution in [0.2, 0.25) is 0 Å². The van der Waals surface area contributed by atoms with Gasteiger partial charge in [-0.3, -0.25) is 10.0 Å². The van der Waals surface area contributed by atoms with Gasteiger partial charge in [0.25, 0.3) is 0 Å². The van der Waals surface area contributed by atoms with Crippen LogP contribution in [0.3, 0.4) is 0 Å². The number of likely N-dealkylation sites (N-methyl/N-ethyl adjacent to an activating group) is 1. The van der Waals surface area contributed by atoms with Gasteiger partial charge in [-0.15, -0.1) is 0 Å². The molecule has 7 nitrogen and oxygen atoms in total. The molecule has 0 bridgehead atoms. The Morgan fingerprint density at radius 2 is 1.93 bits per heavy atom. The molecule has 160 valence electrons. The summed E-state index contributed by atoms with van der Waals surface area (Å²) >= 11 is 0. The summed E-state index contributed by atoms with van der Waals surface area (Å²) in [4.78, 5) is 14.7. The summed E-state index contributed by atoms with van der Waals surface area (Å²) < 4.78 is 0.877. The zero-order chi connectivity index (χ0) is 21.8. The number of pyridine rings is 1. The molecule has 3 rings (SSSR count). The van der Waals surface area contributed by atoms with Gasteiger partial charge in [0.2, 0.25) is 5.69 Å². The molecule has 0 saturated heterocycles. The van der Waals surface area contributed by atoms with Crippen molar-refractivity contribution in [1.82, 2.24) is 15.5 Å². The molecule has 0 radical (unpaired) electrons. The van der Waals surface area contributed by atoms with Gasteiger partial charge in [-0.1, -0.05) is 6.92 Å². The van der Waals surface area contributed by atoms with E-state index in [1.54, 1.807) is 31.2 Å². The first-order valence-corrected chi connectivity index (χ1v) is 10.4. The Labute approximate surface area is 178 Å². The molecule has 1 saturated carbocycles. The van der Waals surface area contributed by atoms with E-state index in [0.29, 0.717) is 23.1 Å². The highest BCUT2D eigenvalue weighted by Gasteiger charge is 2.26. The average Bonchev–Trinajstić information content (AvgIpc) is 2.71. The van der Waals surface area contributed by atoms with E-state index in [4.69, 9.17) is 5.41 Å². The van der Waals surface area contributed by atoms with E-state index < -0.39 is 5.91 Å². The first-order valence-electron chi connectivity index (χ1n) is 10.4. The Hall–Kier alpha value is -3.09. The molecule has 2 aliphatic carbocycles. The van der Waals surface area contributed by atoms with Crippen LogP contribution in [0.5, 0.6) is 0 Å². The van der Waals surface area contributed by atoms with Gasteiger partial charge in [0.15, 0.2) is 0 Å². The van der Waals surface area contributed by atoms with Crippen LogP contribution in [-0.4, -0.2) is 41.9 Å². The number of nitrogens with one attached hydrogen (secondary N) is 3. The lowest BCUT2D eigenvalue weighted by Gasteiger charge is -2.27. The van der Waals surface area contributed by atoms with Gasteiger partial charge in [0, 0.05) is 55.7 Å². The van der Waals surface area contributed by atoms with E-state index >= 15 is 0 Å². The summed E-state index contributed by atoms with van der Waals surface area (Å²) in [6.45, 7) is 4.02. The fourth-order valence-corrected chi connectivity index (χ4v) is 3.80. The van der Waals surface area contributed by atoms with Crippen molar-refractivity contribution in [3.63, 3.8) is 0 Å². The number of carbonyl (C=O) groups is 1. The molecule has 1 heterocycles. The van der Waals surface area contributed by atoms with Crippen molar-refractivity contribution in [2.45, 2.75) is 45.6 Å². The van der Waals surface area contributed by atoms with E-state index in [2.05, 4.69) is 17.6 Å². The van der Waals surface area contributed by atoms with Crippen molar-refractivity contribution in [3.05, 3.63) is 64.9 Å². The number of allylic oxidation sites excluding steroid dienone is 3. The van der Waals surface area contributed by atoms with Crippen molar-refractivity contribution in [2.24, 2.45) is 5.92 Å². The predicted octanol–water partition coefficient (Wildman–Crippen LogP) is 2.66. The van der Waals surface area contributed by atoms with Gasteiger partial charge in [0.05, 0.1) is 17.1 Å². The topological polar surface area (TPSA) is 92.3 Å². The minimum Gasteiger partial charge on any atom is -0.388 e. The molecule has 2 aliphatic rings. The smallest absolute Gasteiger partial charge is 0.325 e. The van der Waals surface area contributed by atoms with Crippen molar-refractivity contribution in [2.75, 3.05) is 14.1 Å². The van der Waals surface area contributed by atoms with E-state index in [1.165, 1.54) is 12.8 Å². The Bertz CT molecular complexity index is 922. The van der Waals surface area contributed by atoms with Crippen LogP contribution in [-0.2, 0) is 0 Å². The van der Waals surface area contributed by atoms with Gasteiger partial charge < -0.3 is 20.9 Å². The first-order chi connectivity index (χ1) is 14.3. The second-order valence-corrected chi connectivity index (χ2v) is 8.44. The van der Waals surface area contributed by atoms with E-state index in [0.717, 1.165) is 34.8 Å². The molecule has 0 spiro atoms. The quantitative estimate of drug-likeness (QED) is 0.444. The molecule has 1 amide bonds. The molecular weight excluding hydrogens is 378 g/mol. The average molecular weight is 411 g/mol. The number of aryl methyl sites for hydroxylation is 1. The van der Waals surface area contributed by atoms with E-state index in [1.807, 2.05) is 31.3 Å². The number of amides is 1. The molecule has 1 aromatic heterocycles. The summed E-state index contributed by atoms with van der Waals surface area (Å²) in [7, 11) is 3.74. The van der Waals surface area contributed by atoms with Crippen molar-refractivity contribution < 1.29 is 14.7 Å². The first kappa shape index (κ1) is 21.6. The Balaban J connectivity index is 1.81. The fraction of sp³-hybridized carbons (Fsp3) is 0.435. The number of hydrogen-bond acceptors (Lipinski definition) is 5. The third kappa shape index (κ3) is 4.90. The van der Waals surface area contributed by atoms with Crippen molar-refractivity contribution in [1.29, 1.82) is 5.41 Å². The molecule has 1 fully saturated rings. The van der Waals surface area contributed by atoms with Gasteiger partial charge >= 0.3 is 11.6 Å². The zero-order valence-electron chi connectivity index (χ0n) is 18.2. The largest absolute Gasteiger partial charge is 0.388 e. The second-order valence-electron chi connectivity index (χ2n) is 8.44. The molecule has 0 aliphatic heterocycles. The fourth-order valence-electron chi connectivity index (χ4n) is 3.80. The minimum atomic E-state index is -0.415. The molecule has 0 aromatic carbocycles. The number of carbonyl (C=O) groups excluding carboxylic acids is 1. The molecule has 30 heavy (non-hydrogen) atoms. The number of rotatable bonds is 5. The van der Waals surface area contributed by atoms with Crippen LogP contribution in [0.1, 0.15) is 48.8 Å². The van der Waals surface area contributed by atoms with Gasteiger partial charge in [-0.2, -0.15) is 0 Å². The van der Waals surface area contributed by atoms with Crippen LogP contribution in [0.15, 0.2) is 53.5 Å². The van der Waals surface area contributed by atoms with Crippen LogP contribution < -0.4 is 15.4 Å². The maximum atomic E-state index is 12.8. The van der Waals surface area contributed by atoms with Gasteiger partial charge in [0.1, 0.15) is 0 Å². The number of nitrogens with zero attached hydrogens (tertiary/aromatic N) is 2. The SMILES string of the molecule is Cc1cccc(C(=O)NC2=C/C(=C/N[C@H]3CC[C@H](C)CC3)C(=N)C=C2N(C)C)[n+]1O. The third-order valence-electron chi connectivity index (χ3n) is 5.77. The Kier molecular flexibility index (Phi) is 6.59. The van der Waals surface area contributed by atoms with E-state index in [9.17, 15) is 10.0 Å². The van der Waals surface area contributed by atoms with Crippen molar-refractivity contribution >= 4 is 11.6 Å². The summed E-state index contributed by atoms with van der Waals surface area (Å²) in [5.41, 5.74) is 3.14. The predicted molar refractivity (Wildman–Crippen MR) is 116 cm³/mol. The minimum absolute atomic E-state index is 0.148. The lowest BCUT2D eigenvalue weighted by molar-refractivity contribution is -0.909. The summed E-state index contributed by atoms with van der Waals surface area (Å²) in [6.07, 6.45) is 10.1. The second kappa shape index (κ2) is 9.15. The highest BCUT2D eigenvalue weighted by Crippen LogP contribution is 2.24. The zero-order valence-corrected chi connectivity index (χ0v) is 18.2. The van der Waals surface area contributed by atoms with Gasteiger partial charge in [-0.05, 0) is 49.8 Å². The number of aromatic nitrogens is 1. The maximum absolute atomic E-state index is 12.8. The Morgan fingerprint density at radius 1 is 1.23 bits per heavy atom. The Morgan fingerprint density at radius 3 is 2.60 bits per heavy atom. The molecule has 0 unspecified atom stereocenters. The van der Waals surface area contributed by atoms with Crippen LogP contribution in [0.25, 0.3) is 0 Å². The normalized spacial score (nSPS) is 22.9. The standard InChI is InChI=1S/C23H31N5O2/c1-15-8-10-18(11-9-15)25-14-17-12-20(22(27(3)4)13-19(17)24)26-23(29)21-7-5-6-16(2)28(21)30/h5-7,12-15,18,24,29-30H,8-11H2,1-4H3/p+1/t15-,18-. The van der Waals surface area contributed by atoms with Crippen molar-refractivity contribution in [3.8, 4) is 0 Å². The van der Waals surface area contributed by atoms with Crippen LogP contribution in [0, 0.1) is 18.3 Å². The number of hydrogen-bond donors (Lipinski definition) is 4. The molecule has 7 heteroatoms. The highest BCUT2D eigenvalue weighted by molar-refractivity contribution is 6.10. The van der Waals surface area contributed by atoms with E-state index in [-0.39, 0.29) is 5.69 Å². The monoisotopic (exact) mass is 410 g/mol. The third-order valence-corrected chi connectivity index (χ3v) is 5.77. The van der Waals surface area contributed by atoms with Crippen LogP contribution in [0.4, 0.5) is 0 Å². The summed E-state index contributed by atoms with van der Waals surface area (Å²) in [5, 5.41) is 24.9.